The number of aromatic nitrogens is 1. The Kier molecular flexibility index (Phi) is 2.36. The molecule has 2 aromatic rings. The molecule has 0 amide bonds. The van der Waals surface area contributed by atoms with Gasteiger partial charge in [-0.2, -0.15) is 0 Å². The summed E-state index contributed by atoms with van der Waals surface area (Å²) in [5, 5.41) is 0. The standard InChI is InChI=1S/C12H8NO/c14-12(10-5-2-1-3-6-10)11-7-4-8-13-9-11/h2-9H. The SMILES string of the molecule is O=C(c1cc[c]cc1)c1cccnc1. The molecule has 2 rings (SSSR count). The van der Waals surface area contributed by atoms with Gasteiger partial charge in [0.05, 0.1) is 0 Å². The number of carbonyl (C=O) groups excluding carboxylic acids is 1. The smallest absolute Gasteiger partial charge is 0.194 e. The maximum Gasteiger partial charge on any atom is 0.194 e. The van der Waals surface area contributed by atoms with Crippen molar-refractivity contribution in [2.75, 3.05) is 0 Å². The summed E-state index contributed by atoms with van der Waals surface area (Å²) in [6.45, 7) is 0. The lowest BCUT2D eigenvalue weighted by Gasteiger charge is -1.98. The van der Waals surface area contributed by atoms with Crippen LogP contribution in [0.3, 0.4) is 0 Å². The first-order valence-corrected chi connectivity index (χ1v) is 4.29. The van der Waals surface area contributed by atoms with Gasteiger partial charge in [0.25, 0.3) is 0 Å². The molecule has 1 heterocycles. The maximum atomic E-state index is 11.8. The van der Waals surface area contributed by atoms with Gasteiger partial charge in [-0.25, -0.2) is 0 Å². The Labute approximate surface area is 82.2 Å². The molecule has 2 nitrogen and oxygen atoms in total. The summed E-state index contributed by atoms with van der Waals surface area (Å²) >= 11 is 0. The fraction of sp³-hybridized carbons (Fsp3) is 0. The van der Waals surface area contributed by atoms with E-state index in [0.717, 1.165) is 0 Å². The molecule has 0 N–H and O–H groups in total. The highest BCUT2D eigenvalue weighted by molar-refractivity contribution is 6.08. The molecule has 1 radical (unpaired) electrons. The van der Waals surface area contributed by atoms with E-state index < -0.39 is 0 Å². The van der Waals surface area contributed by atoms with Crippen LogP contribution in [0.15, 0.2) is 48.8 Å². The Hall–Kier alpha value is -1.96. The van der Waals surface area contributed by atoms with Crippen molar-refractivity contribution >= 4 is 5.78 Å². The Morgan fingerprint density at radius 1 is 1.14 bits per heavy atom. The van der Waals surface area contributed by atoms with Crippen molar-refractivity contribution in [2.45, 2.75) is 0 Å². The van der Waals surface area contributed by atoms with E-state index in [2.05, 4.69) is 11.1 Å². The van der Waals surface area contributed by atoms with Gasteiger partial charge in [-0.15, -0.1) is 0 Å². The van der Waals surface area contributed by atoms with Gasteiger partial charge in [0.15, 0.2) is 5.78 Å². The monoisotopic (exact) mass is 182 g/mol. The predicted octanol–water partition coefficient (Wildman–Crippen LogP) is 2.11. The lowest BCUT2D eigenvalue weighted by Crippen LogP contribution is -2.00. The molecule has 0 bridgehead atoms. The van der Waals surface area contributed by atoms with E-state index in [4.69, 9.17) is 0 Å². The molecule has 0 aliphatic carbocycles. The van der Waals surface area contributed by atoms with Crippen LogP contribution in [0.25, 0.3) is 0 Å². The second kappa shape index (κ2) is 3.83. The normalized spacial score (nSPS) is 9.71. The van der Waals surface area contributed by atoms with E-state index in [9.17, 15) is 4.79 Å². The highest BCUT2D eigenvalue weighted by Gasteiger charge is 2.06. The first-order chi connectivity index (χ1) is 6.88. The summed E-state index contributed by atoms with van der Waals surface area (Å²) in [5.41, 5.74) is 1.27. The molecule has 67 valence electrons. The summed E-state index contributed by atoms with van der Waals surface area (Å²) in [5.74, 6) is -0.00731. The summed E-state index contributed by atoms with van der Waals surface area (Å²) in [6.07, 6.45) is 3.22. The summed E-state index contributed by atoms with van der Waals surface area (Å²) in [6, 6.07) is 13.3. The van der Waals surface area contributed by atoms with Crippen LogP contribution >= 0.6 is 0 Å². The third-order valence-corrected chi connectivity index (χ3v) is 1.90. The zero-order chi connectivity index (χ0) is 9.80. The fourth-order valence-corrected chi connectivity index (χ4v) is 1.20. The van der Waals surface area contributed by atoms with E-state index in [1.807, 2.05) is 0 Å². The van der Waals surface area contributed by atoms with E-state index in [1.165, 1.54) is 0 Å². The molecule has 0 saturated heterocycles. The van der Waals surface area contributed by atoms with E-state index in [1.54, 1.807) is 48.8 Å². The number of hydrogen-bond donors (Lipinski definition) is 0. The van der Waals surface area contributed by atoms with Gasteiger partial charge in [0.2, 0.25) is 0 Å². The molecule has 0 unspecified atom stereocenters. The van der Waals surface area contributed by atoms with Crippen molar-refractivity contribution in [1.82, 2.24) is 4.98 Å². The van der Waals surface area contributed by atoms with Gasteiger partial charge < -0.3 is 0 Å². The number of hydrogen-bond acceptors (Lipinski definition) is 2. The van der Waals surface area contributed by atoms with Gasteiger partial charge in [-0.05, 0) is 18.2 Å². The summed E-state index contributed by atoms with van der Waals surface area (Å²) < 4.78 is 0. The average Bonchev–Trinajstić information content (AvgIpc) is 2.30. The zero-order valence-electron chi connectivity index (χ0n) is 7.47. The Bertz CT molecular complexity index is 381. The number of ketones is 1. The quantitative estimate of drug-likeness (QED) is 0.666. The van der Waals surface area contributed by atoms with Crippen LogP contribution in [0, 0.1) is 6.07 Å². The Morgan fingerprint density at radius 2 is 1.93 bits per heavy atom. The van der Waals surface area contributed by atoms with Crippen LogP contribution in [-0.4, -0.2) is 10.8 Å². The number of rotatable bonds is 2. The van der Waals surface area contributed by atoms with Crippen molar-refractivity contribution in [3.05, 3.63) is 66.0 Å². The second-order valence-corrected chi connectivity index (χ2v) is 2.86. The molecule has 1 aromatic carbocycles. The van der Waals surface area contributed by atoms with Gasteiger partial charge >= 0.3 is 0 Å². The van der Waals surface area contributed by atoms with Crippen LogP contribution in [0.2, 0.25) is 0 Å². The lowest BCUT2D eigenvalue weighted by molar-refractivity contribution is 0.103. The number of nitrogens with zero attached hydrogens (tertiary/aromatic N) is 1. The highest BCUT2D eigenvalue weighted by Crippen LogP contribution is 2.07. The van der Waals surface area contributed by atoms with Gasteiger partial charge in [-0.3, -0.25) is 9.78 Å². The minimum absolute atomic E-state index is 0.00731. The van der Waals surface area contributed by atoms with Crippen molar-refractivity contribution in [2.24, 2.45) is 0 Å². The minimum Gasteiger partial charge on any atom is -0.289 e. The van der Waals surface area contributed by atoms with Crippen LogP contribution in [0.4, 0.5) is 0 Å². The molecule has 0 saturated carbocycles. The van der Waals surface area contributed by atoms with Crippen LogP contribution in [0.1, 0.15) is 15.9 Å². The third kappa shape index (κ3) is 1.69. The molecule has 14 heavy (non-hydrogen) atoms. The van der Waals surface area contributed by atoms with Crippen LogP contribution in [-0.2, 0) is 0 Å². The fourth-order valence-electron chi connectivity index (χ4n) is 1.20. The molecule has 2 heteroatoms. The predicted molar refractivity (Wildman–Crippen MR) is 52.9 cm³/mol. The summed E-state index contributed by atoms with van der Waals surface area (Å²) in [4.78, 5) is 15.7. The molecule has 0 fully saturated rings. The Morgan fingerprint density at radius 3 is 2.57 bits per heavy atom. The van der Waals surface area contributed by atoms with E-state index in [0.29, 0.717) is 11.1 Å². The third-order valence-electron chi connectivity index (χ3n) is 1.90. The number of pyridine rings is 1. The molecule has 0 aliphatic rings. The molecule has 0 atom stereocenters. The van der Waals surface area contributed by atoms with Crippen molar-refractivity contribution in [3.63, 3.8) is 0 Å². The number of carbonyl (C=O) groups is 1. The van der Waals surface area contributed by atoms with Gasteiger partial charge in [0.1, 0.15) is 0 Å². The average molecular weight is 182 g/mol. The van der Waals surface area contributed by atoms with E-state index in [-0.39, 0.29) is 5.78 Å². The zero-order valence-corrected chi connectivity index (χ0v) is 7.47. The molecule has 0 spiro atoms. The first-order valence-electron chi connectivity index (χ1n) is 4.29. The summed E-state index contributed by atoms with van der Waals surface area (Å²) in [7, 11) is 0. The van der Waals surface area contributed by atoms with Crippen LogP contribution in [0.5, 0.6) is 0 Å². The van der Waals surface area contributed by atoms with Crippen molar-refractivity contribution < 1.29 is 4.79 Å². The highest BCUT2D eigenvalue weighted by atomic mass is 16.1. The van der Waals surface area contributed by atoms with Gasteiger partial charge in [-0.1, -0.05) is 24.3 Å². The molecular weight excluding hydrogens is 174 g/mol. The maximum absolute atomic E-state index is 11.8. The number of benzene rings is 1. The first kappa shape index (κ1) is 8.63. The lowest BCUT2D eigenvalue weighted by atomic mass is 10.1. The Balaban J connectivity index is 2.35. The topological polar surface area (TPSA) is 30.0 Å². The van der Waals surface area contributed by atoms with Crippen LogP contribution < -0.4 is 0 Å². The van der Waals surface area contributed by atoms with Crippen molar-refractivity contribution in [3.8, 4) is 0 Å². The largest absolute Gasteiger partial charge is 0.289 e. The molecular formula is C12H8NO. The van der Waals surface area contributed by atoms with Crippen molar-refractivity contribution in [1.29, 1.82) is 0 Å². The molecule has 0 aliphatic heterocycles. The minimum atomic E-state index is -0.00731. The second-order valence-electron chi connectivity index (χ2n) is 2.86. The molecule has 1 aromatic heterocycles. The van der Waals surface area contributed by atoms with E-state index >= 15 is 0 Å². The van der Waals surface area contributed by atoms with Gasteiger partial charge in [0, 0.05) is 23.5 Å².